The highest BCUT2D eigenvalue weighted by Gasteiger charge is 2.40. The molecule has 0 saturated carbocycles. The van der Waals surface area contributed by atoms with Crippen molar-refractivity contribution < 1.29 is 9.13 Å². The molecule has 18 heavy (non-hydrogen) atoms. The van der Waals surface area contributed by atoms with Crippen molar-refractivity contribution in [3.05, 3.63) is 29.6 Å². The first-order valence-electron chi connectivity index (χ1n) is 6.34. The van der Waals surface area contributed by atoms with E-state index in [4.69, 9.17) is 10.00 Å². The molecule has 0 spiro atoms. The average molecular weight is 246 g/mol. The maximum Gasteiger partial charge on any atom is 0.126 e. The summed E-state index contributed by atoms with van der Waals surface area (Å²) in [5, 5.41) is 12.0. The van der Waals surface area contributed by atoms with Crippen LogP contribution in [0.25, 0.3) is 0 Å². The molecule has 2 bridgehead atoms. The first-order valence-corrected chi connectivity index (χ1v) is 6.34. The van der Waals surface area contributed by atoms with Gasteiger partial charge >= 0.3 is 0 Å². The smallest absolute Gasteiger partial charge is 0.126 e. The lowest BCUT2D eigenvalue weighted by Crippen LogP contribution is -2.24. The van der Waals surface area contributed by atoms with Crippen LogP contribution in [-0.4, -0.2) is 18.8 Å². The maximum atomic E-state index is 13.2. The average Bonchev–Trinajstić information content (AvgIpc) is 2.97. The maximum absolute atomic E-state index is 13.2. The van der Waals surface area contributed by atoms with Crippen LogP contribution in [0.2, 0.25) is 0 Å². The zero-order chi connectivity index (χ0) is 12.5. The summed E-state index contributed by atoms with van der Waals surface area (Å²) >= 11 is 0. The molecule has 0 aromatic heterocycles. The summed E-state index contributed by atoms with van der Waals surface area (Å²) in [6, 6.07) is 6.30. The third-order valence-corrected chi connectivity index (χ3v) is 3.83. The van der Waals surface area contributed by atoms with Gasteiger partial charge in [-0.05, 0) is 37.5 Å². The Morgan fingerprint density at radius 3 is 2.94 bits per heavy atom. The van der Waals surface area contributed by atoms with Crippen LogP contribution < -0.4 is 5.32 Å². The van der Waals surface area contributed by atoms with Crippen molar-refractivity contribution in [2.75, 3.05) is 11.9 Å². The van der Waals surface area contributed by atoms with E-state index in [1.165, 1.54) is 18.6 Å². The Morgan fingerprint density at radius 1 is 1.39 bits per heavy atom. The minimum atomic E-state index is -0.374. The van der Waals surface area contributed by atoms with Crippen molar-refractivity contribution in [1.82, 2.24) is 0 Å². The molecule has 2 aliphatic rings. The van der Waals surface area contributed by atoms with Crippen LogP contribution in [0.5, 0.6) is 0 Å². The zero-order valence-corrected chi connectivity index (χ0v) is 10.0. The van der Waals surface area contributed by atoms with Gasteiger partial charge in [0.1, 0.15) is 5.82 Å². The summed E-state index contributed by atoms with van der Waals surface area (Å²) < 4.78 is 19.0. The van der Waals surface area contributed by atoms with Gasteiger partial charge in [-0.3, -0.25) is 0 Å². The van der Waals surface area contributed by atoms with E-state index in [1.54, 1.807) is 6.07 Å². The Bertz CT molecular complexity index is 497. The Hall–Kier alpha value is -1.60. The number of halogens is 1. The van der Waals surface area contributed by atoms with Gasteiger partial charge in [0.15, 0.2) is 0 Å². The fourth-order valence-electron chi connectivity index (χ4n) is 2.96. The Morgan fingerprint density at radius 2 is 2.28 bits per heavy atom. The third-order valence-electron chi connectivity index (χ3n) is 3.83. The van der Waals surface area contributed by atoms with Crippen LogP contribution in [-0.2, 0) is 4.74 Å². The van der Waals surface area contributed by atoms with Crippen molar-refractivity contribution in [1.29, 1.82) is 5.26 Å². The Labute approximate surface area is 106 Å². The molecule has 3 rings (SSSR count). The van der Waals surface area contributed by atoms with Crippen molar-refractivity contribution in [3.63, 3.8) is 0 Å². The van der Waals surface area contributed by atoms with Crippen molar-refractivity contribution in [2.24, 2.45) is 5.92 Å². The van der Waals surface area contributed by atoms with Crippen LogP contribution in [0.15, 0.2) is 18.2 Å². The second-order valence-corrected chi connectivity index (χ2v) is 5.09. The highest BCUT2D eigenvalue weighted by molar-refractivity contribution is 5.49. The number of ether oxygens (including phenoxy) is 1. The molecule has 1 aromatic carbocycles. The number of nitrogens with zero attached hydrogens (tertiary/aromatic N) is 1. The van der Waals surface area contributed by atoms with Crippen molar-refractivity contribution in [2.45, 2.75) is 31.5 Å². The van der Waals surface area contributed by atoms with E-state index < -0.39 is 0 Å². The topological polar surface area (TPSA) is 45.0 Å². The molecule has 2 saturated heterocycles. The van der Waals surface area contributed by atoms with Gasteiger partial charge in [0.25, 0.3) is 0 Å². The molecule has 0 radical (unpaired) electrons. The zero-order valence-electron chi connectivity index (χ0n) is 10.0. The van der Waals surface area contributed by atoms with Gasteiger partial charge < -0.3 is 10.1 Å². The summed E-state index contributed by atoms with van der Waals surface area (Å²) in [5.41, 5.74) is 1.02. The number of fused-ring (bicyclic) bond motifs is 2. The van der Waals surface area contributed by atoms with Crippen LogP contribution >= 0.6 is 0 Å². The Kier molecular flexibility index (Phi) is 2.92. The fourth-order valence-corrected chi connectivity index (χ4v) is 2.96. The molecule has 2 heterocycles. The van der Waals surface area contributed by atoms with Crippen molar-refractivity contribution in [3.8, 4) is 6.07 Å². The van der Waals surface area contributed by atoms with Crippen molar-refractivity contribution >= 4 is 5.69 Å². The first kappa shape index (κ1) is 11.5. The number of nitriles is 1. The number of rotatable bonds is 3. The van der Waals surface area contributed by atoms with Gasteiger partial charge in [-0.1, -0.05) is 0 Å². The molecule has 1 N–H and O–H groups in total. The quantitative estimate of drug-likeness (QED) is 0.891. The lowest BCUT2D eigenvalue weighted by atomic mass is 9.89. The molecule has 2 fully saturated rings. The van der Waals surface area contributed by atoms with Gasteiger partial charge in [0, 0.05) is 18.2 Å². The van der Waals surface area contributed by atoms with Crippen LogP contribution in [0.4, 0.5) is 10.1 Å². The molecule has 0 aliphatic carbocycles. The molecule has 3 nitrogen and oxygen atoms in total. The molecule has 2 aliphatic heterocycles. The van der Waals surface area contributed by atoms with Gasteiger partial charge in [0.05, 0.1) is 23.8 Å². The van der Waals surface area contributed by atoms with E-state index in [9.17, 15) is 4.39 Å². The highest BCUT2D eigenvalue weighted by atomic mass is 19.1. The molecule has 3 atom stereocenters. The molecule has 4 heteroatoms. The van der Waals surface area contributed by atoms with Gasteiger partial charge in [-0.15, -0.1) is 0 Å². The van der Waals surface area contributed by atoms with Gasteiger partial charge in [0.2, 0.25) is 0 Å². The number of nitrogens with one attached hydrogen (secondary N) is 1. The van der Waals surface area contributed by atoms with E-state index >= 15 is 0 Å². The molecular formula is C14H15FN2O. The minimum Gasteiger partial charge on any atom is -0.385 e. The molecule has 1 aromatic rings. The second-order valence-electron chi connectivity index (χ2n) is 5.09. The molecule has 0 amide bonds. The molecule has 94 valence electrons. The fraction of sp³-hybridized carbons (Fsp3) is 0.500. The standard InChI is InChI=1S/C14H15FN2O/c15-11-3-9(7-16)4-12(6-11)17-8-10-5-13-1-2-14(10)18-13/h3-4,6,10,13-14,17H,1-2,5,8H2. The number of hydrogen-bond acceptors (Lipinski definition) is 3. The summed E-state index contributed by atoms with van der Waals surface area (Å²) in [4.78, 5) is 0. The minimum absolute atomic E-state index is 0.349. The number of anilines is 1. The van der Waals surface area contributed by atoms with Gasteiger partial charge in [-0.2, -0.15) is 5.26 Å². The van der Waals surface area contributed by atoms with E-state index in [1.807, 2.05) is 6.07 Å². The lowest BCUT2D eigenvalue weighted by molar-refractivity contribution is 0.0941. The summed E-state index contributed by atoms with van der Waals surface area (Å²) in [7, 11) is 0. The predicted octanol–water partition coefficient (Wildman–Crippen LogP) is 2.68. The summed E-state index contributed by atoms with van der Waals surface area (Å²) in [5.74, 6) is 0.137. The van der Waals surface area contributed by atoms with E-state index in [2.05, 4.69) is 5.32 Å². The molecular weight excluding hydrogens is 231 g/mol. The SMILES string of the molecule is N#Cc1cc(F)cc(NCC2CC3CCC2O3)c1. The predicted molar refractivity (Wildman–Crippen MR) is 65.6 cm³/mol. The largest absolute Gasteiger partial charge is 0.385 e. The van der Waals surface area contributed by atoms with E-state index in [-0.39, 0.29) is 5.82 Å². The van der Waals surface area contributed by atoms with Crippen LogP contribution in [0.1, 0.15) is 24.8 Å². The normalized spacial score (nSPS) is 29.2. The highest BCUT2D eigenvalue weighted by Crippen LogP contribution is 2.38. The summed E-state index contributed by atoms with van der Waals surface area (Å²) in [6.07, 6.45) is 4.22. The lowest BCUT2D eigenvalue weighted by Gasteiger charge is -2.19. The third kappa shape index (κ3) is 2.19. The van der Waals surface area contributed by atoms with Crippen LogP contribution in [0.3, 0.4) is 0 Å². The number of hydrogen-bond donors (Lipinski definition) is 1. The van der Waals surface area contributed by atoms with E-state index in [0.717, 1.165) is 19.4 Å². The number of benzene rings is 1. The first-order chi connectivity index (χ1) is 8.74. The summed E-state index contributed by atoms with van der Waals surface area (Å²) in [6.45, 7) is 0.787. The molecule has 3 unspecified atom stereocenters. The van der Waals surface area contributed by atoms with Gasteiger partial charge in [-0.25, -0.2) is 4.39 Å². The van der Waals surface area contributed by atoms with E-state index in [0.29, 0.717) is 29.4 Å². The second kappa shape index (κ2) is 4.58. The Balaban J connectivity index is 1.63. The monoisotopic (exact) mass is 246 g/mol. The van der Waals surface area contributed by atoms with Crippen LogP contribution in [0, 0.1) is 23.1 Å².